The van der Waals surface area contributed by atoms with Gasteiger partial charge in [-0.2, -0.15) is 18.3 Å². The molecule has 1 aromatic carbocycles. The van der Waals surface area contributed by atoms with Gasteiger partial charge in [0.2, 0.25) is 0 Å². The van der Waals surface area contributed by atoms with Gasteiger partial charge >= 0.3 is 6.18 Å². The molecule has 0 atom stereocenters. The summed E-state index contributed by atoms with van der Waals surface area (Å²) in [7, 11) is 1.32. The minimum Gasteiger partial charge on any atom is -0.492 e. The second-order valence-electron chi connectivity index (χ2n) is 4.62. The van der Waals surface area contributed by atoms with Crippen LogP contribution in [0.2, 0.25) is 0 Å². The van der Waals surface area contributed by atoms with E-state index >= 15 is 0 Å². The van der Waals surface area contributed by atoms with Crippen LogP contribution in [0.1, 0.15) is 16.1 Å². The Morgan fingerprint density at radius 2 is 2.17 bits per heavy atom. The molecule has 124 valence electrons. The van der Waals surface area contributed by atoms with Gasteiger partial charge < -0.3 is 10.1 Å². The van der Waals surface area contributed by atoms with Gasteiger partial charge in [0.25, 0.3) is 5.91 Å². The van der Waals surface area contributed by atoms with Crippen LogP contribution in [-0.2, 0) is 13.2 Å². The summed E-state index contributed by atoms with van der Waals surface area (Å²) < 4.78 is 45.5. The molecule has 9 heteroatoms. The van der Waals surface area contributed by atoms with Crippen LogP contribution < -0.4 is 10.1 Å². The lowest BCUT2D eigenvalue weighted by Gasteiger charge is -2.09. The van der Waals surface area contributed by atoms with E-state index in [4.69, 9.17) is 4.74 Å². The van der Waals surface area contributed by atoms with Crippen LogP contribution in [0.25, 0.3) is 0 Å². The van der Waals surface area contributed by atoms with E-state index < -0.39 is 23.3 Å². The van der Waals surface area contributed by atoms with Crippen molar-refractivity contribution in [1.82, 2.24) is 15.1 Å². The normalized spacial score (nSPS) is 11.3. The molecule has 23 heavy (non-hydrogen) atoms. The van der Waals surface area contributed by atoms with Gasteiger partial charge in [0, 0.05) is 17.7 Å². The number of hydrogen-bond acceptors (Lipinski definition) is 3. The number of benzene rings is 1. The Kier molecular flexibility index (Phi) is 5.30. The van der Waals surface area contributed by atoms with Crippen molar-refractivity contribution >= 4 is 21.8 Å². The van der Waals surface area contributed by atoms with Gasteiger partial charge in [0.15, 0.2) is 5.69 Å². The summed E-state index contributed by atoms with van der Waals surface area (Å²) in [6, 6.07) is 7.08. The number of carbonyl (C=O) groups is 1. The lowest BCUT2D eigenvalue weighted by Crippen LogP contribution is -2.29. The maximum atomic E-state index is 12.8. The van der Waals surface area contributed by atoms with E-state index in [1.807, 2.05) is 6.07 Å². The molecule has 0 bridgehead atoms. The number of ether oxygens (including phenoxy) is 1. The van der Waals surface area contributed by atoms with Crippen molar-refractivity contribution in [2.45, 2.75) is 6.18 Å². The predicted molar refractivity (Wildman–Crippen MR) is 80.2 cm³/mol. The molecule has 2 aromatic rings. The van der Waals surface area contributed by atoms with Crippen molar-refractivity contribution < 1.29 is 22.7 Å². The standard InChI is InChI=1S/C14H13BrF3N3O2/c1-21-8-11(12(20-21)14(16,17)18)13(22)19-5-6-23-10-4-2-3-9(15)7-10/h2-4,7-8H,5-6H2,1H3,(H,19,22). The summed E-state index contributed by atoms with van der Waals surface area (Å²) in [6.07, 6.45) is -3.64. The molecule has 0 radical (unpaired) electrons. The molecule has 0 saturated heterocycles. The van der Waals surface area contributed by atoms with Crippen molar-refractivity contribution in [2.75, 3.05) is 13.2 Å². The zero-order chi connectivity index (χ0) is 17.0. The van der Waals surface area contributed by atoms with Gasteiger partial charge in [-0.25, -0.2) is 0 Å². The highest BCUT2D eigenvalue weighted by molar-refractivity contribution is 9.10. The molecule has 1 heterocycles. The number of aromatic nitrogens is 2. The molecule has 0 spiro atoms. The number of amides is 1. The maximum absolute atomic E-state index is 12.8. The largest absolute Gasteiger partial charge is 0.492 e. The zero-order valence-corrected chi connectivity index (χ0v) is 13.6. The first kappa shape index (κ1) is 17.3. The molecule has 1 aromatic heterocycles. The Balaban J connectivity index is 1.91. The van der Waals surface area contributed by atoms with Crippen molar-refractivity contribution in [3.05, 3.63) is 46.2 Å². The van der Waals surface area contributed by atoms with Crippen LogP contribution in [0, 0.1) is 0 Å². The molecule has 5 nitrogen and oxygen atoms in total. The summed E-state index contributed by atoms with van der Waals surface area (Å²) >= 11 is 3.29. The zero-order valence-electron chi connectivity index (χ0n) is 12.0. The second kappa shape index (κ2) is 7.03. The average Bonchev–Trinajstić information content (AvgIpc) is 2.86. The third-order valence-electron chi connectivity index (χ3n) is 2.79. The van der Waals surface area contributed by atoms with E-state index in [-0.39, 0.29) is 13.2 Å². The molecule has 1 amide bonds. The van der Waals surface area contributed by atoms with Gasteiger partial charge in [0.05, 0.1) is 12.1 Å². The third-order valence-corrected chi connectivity index (χ3v) is 3.29. The molecule has 0 aliphatic heterocycles. The highest BCUT2D eigenvalue weighted by Gasteiger charge is 2.38. The minimum absolute atomic E-state index is 0.0670. The van der Waals surface area contributed by atoms with Gasteiger partial charge in [-0.05, 0) is 18.2 Å². The van der Waals surface area contributed by atoms with Crippen molar-refractivity contribution in [3.63, 3.8) is 0 Å². The molecule has 1 N–H and O–H groups in total. The Morgan fingerprint density at radius 1 is 1.43 bits per heavy atom. The van der Waals surface area contributed by atoms with Crippen LogP contribution in [0.4, 0.5) is 13.2 Å². The van der Waals surface area contributed by atoms with E-state index in [9.17, 15) is 18.0 Å². The van der Waals surface area contributed by atoms with Gasteiger partial charge in [-0.15, -0.1) is 0 Å². The summed E-state index contributed by atoms with van der Waals surface area (Å²) in [4.78, 5) is 11.9. The number of halogens is 4. The van der Waals surface area contributed by atoms with E-state index in [1.165, 1.54) is 7.05 Å². The summed E-state index contributed by atoms with van der Waals surface area (Å²) in [5.41, 5.74) is -1.71. The quantitative estimate of drug-likeness (QED) is 0.797. The highest BCUT2D eigenvalue weighted by atomic mass is 79.9. The SMILES string of the molecule is Cn1cc(C(=O)NCCOc2cccc(Br)c2)c(C(F)(F)F)n1. The van der Waals surface area contributed by atoms with Crippen LogP contribution in [0.5, 0.6) is 5.75 Å². The number of nitrogens with one attached hydrogen (secondary N) is 1. The molecule has 2 rings (SSSR count). The number of hydrogen-bond donors (Lipinski definition) is 1. The Bertz CT molecular complexity index is 701. The van der Waals surface area contributed by atoms with Gasteiger partial charge in [0.1, 0.15) is 12.4 Å². The van der Waals surface area contributed by atoms with E-state index in [0.29, 0.717) is 5.75 Å². The topological polar surface area (TPSA) is 56.2 Å². The number of rotatable bonds is 5. The predicted octanol–water partition coefficient (Wildman–Crippen LogP) is 3.01. The molecular weight excluding hydrogens is 379 g/mol. The lowest BCUT2D eigenvalue weighted by atomic mass is 10.2. The van der Waals surface area contributed by atoms with E-state index in [1.54, 1.807) is 18.2 Å². The lowest BCUT2D eigenvalue weighted by molar-refractivity contribution is -0.141. The molecule has 0 unspecified atom stereocenters. The Hall–Kier alpha value is -2.03. The first-order valence-electron chi connectivity index (χ1n) is 6.55. The second-order valence-corrected chi connectivity index (χ2v) is 5.54. The van der Waals surface area contributed by atoms with Crippen molar-refractivity contribution in [3.8, 4) is 5.75 Å². The number of alkyl halides is 3. The van der Waals surface area contributed by atoms with E-state index in [2.05, 4.69) is 26.3 Å². The van der Waals surface area contributed by atoms with Crippen LogP contribution >= 0.6 is 15.9 Å². The van der Waals surface area contributed by atoms with Gasteiger partial charge in [-0.3, -0.25) is 9.48 Å². The van der Waals surface area contributed by atoms with Crippen LogP contribution in [0.3, 0.4) is 0 Å². The minimum atomic E-state index is -4.68. The first-order valence-corrected chi connectivity index (χ1v) is 7.34. The fourth-order valence-electron chi connectivity index (χ4n) is 1.85. The van der Waals surface area contributed by atoms with Gasteiger partial charge in [-0.1, -0.05) is 22.0 Å². The number of aryl methyl sites for hydroxylation is 1. The third kappa shape index (κ3) is 4.72. The molecular formula is C14H13BrF3N3O2. The van der Waals surface area contributed by atoms with E-state index in [0.717, 1.165) is 15.4 Å². The van der Waals surface area contributed by atoms with Crippen molar-refractivity contribution in [1.29, 1.82) is 0 Å². The van der Waals surface area contributed by atoms with Crippen LogP contribution in [-0.4, -0.2) is 28.8 Å². The summed E-state index contributed by atoms with van der Waals surface area (Å²) in [5.74, 6) is -0.255. The maximum Gasteiger partial charge on any atom is 0.435 e. The smallest absolute Gasteiger partial charge is 0.435 e. The monoisotopic (exact) mass is 391 g/mol. The molecule has 0 saturated carbocycles. The molecule has 0 aliphatic rings. The van der Waals surface area contributed by atoms with Crippen molar-refractivity contribution in [2.24, 2.45) is 7.05 Å². The number of carbonyl (C=O) groups excluding carboxylic acids is 1. The highest BCUT2D eigenvalue weighted by Crippen LogP contribution is 2.30. The molecule has 0 fully saturated rings. The fourth-order valence-corrected chi connectivity index (χ4v) is 2.23. The molecule has 0 aliphatic carbocycles. The number of nitrogens with zero attached hydrogens (tertiary/aromatic N) is 2. The van der Waals surface area contributed by atoms with Crippen LogP contribution in [0.15, 0.2) is 34.9 Å². The summed E-state index contributed by atoms with van der Waals surface area (Å²) in [6.45, 7) is 0.196. The average molecular weight is 392 g/mol. The Labute approximate surface area is 138 Å². The Morgan fingerprint density at radius 3 is 2.83 bits per heavy atom. The first-order chi connectivity index (χ1) is 10.8. The fraction of sp³-hybridized carbons (Fsp3) is 0.286. The summed E-state index contributed by atoms with van der Waals surface area (Å²) in [5, 5.41) is 5.66.